The van der Waals surface area contributed by atoms with Gasteiger partial charge in [-0.3, -0.25) is 9.13 Å². The van der Waals surface area contributed by atoms with E-state index in [1.54, 1.807) is 24.3 Å². The van der Waals surface area contributed by atoms with Gasteiger partial charge in [0.25, 0.3) is 0 Å². The number of imidazole rings is 1. The molecule has 1 heterocycles. The summed E-state index contributed by atoms with van der Waals surface area (Å²) in [5.41, 5.74) is 0.865. The largest absolute Gasteiger partial charge is 0.406 e. The summed E-state index contributed by atoms with van der Waals surface area (Å²) >= 11 is 0. The second kappa shape index (κ2) is 4.36. The van der Waals surface area contributed by atoms with Crippen molar-refractivity contribution in [3.8, 4) is 5.69 Å². The number of aryl methyl sites for hydroxylation is 1. The Hall–Kier alpha value is -1.98. The summed E-state index contributed by atoms with van der Waals surface area (Å²) in [4.78, 5) is 11.8. The molecule has 0 unspecified atom stereocenters. The lowest BCUT2D eigenvalue weighted by Gasteiger charge is -2.06. The molecular formula is C12H11F3N2O. The normalized spacial score (nSPS) is 11.8. The molecule has 0 bridgehead atoms. The number of rotatable bonds is 2. The Labute approximate surface area is 101 Å². The first-order chi connectivity index (χ1) is 8.37. The Balaban J connectivity index is 2.37. The molecule has 0 aliphatic heterocycles. The van der Waals surface area contributed by atoms with Crippen LogP contribution in [0.1, 0.15) is 5.56 Å². The van der Waals surface area contributed by atoms with Crippen LogP contribution in [0.4, 0.5) is 13.2 Å². The van der Waals surface area contributed by atoms with E-state index >= 15 is 0 Å². The zero-order chi connectivity index (χ0) is 13.3. The Morgan fingerprint density at radius 1 is 1.11 bits per heavy atom. The van der Waals surface area contributed by atoms with E-state index in [9.17, 15) is 18.0 Å². The van der Waals surface area contributed by atoms with Crippen molar-refractivity contribution in [1.82, 2.24) is 9.13 Å². The number of alkyl halides is 3. The van der Waals surface area contributed by atoms with Gasteiger partial charge < -0.3 is 0 Å². The summed E-state index contributed by atoms with van der Waals surface area (Å²) in [5, 5.41) is 0. The lowest BCUT2D eigenvalue weighted by Crippen LogP contribution is -2.28. The minimum atomic E-state index is -4.40. The number of aromatic nitrogens is 2. The fourth-order valence-corrected chi connectivity index (χ4v) is 1.63. The molecule has 0 N–H and O–H groups in total. The quantitative estimate of drug-likeness (QED) is 0.811. The fourth-order valence-electron chi connectivity index (χ4n) is 1.63. The molecule has 0 atom stereocenters. The average Bonchev–Trinajstić information content (AvgIpc) is 2.60. The van der Waals surface area contributed by atoms with E-state index in [1.807, 2.05) is 6.92 Å². The minimum absolute atomic E-state index is 0.548. The topological polar surface area (TPSA) is 26.9 Å². The van der Waals surface area contributed by atoms with E-state index in [1.165, 1.54) is 10.8 Å². The van der Waals surface area contributed by atoms with Crippen LogP contribution in [-0.2, 0) is 6.54 Å². The monoisotopic (exact) mass is 256 g/mol. The van der Waals surface area contributed by atoms with Crippen LogP contribution in [0.25, 0.3) is 5.69 Å². The summed E-state index contributed by atoms with van der Waals surface area (Å²) < 4.78 is 38.5. The zero-order valence-corrected chi connectivity index (χ0v) is 9.61. The third-order valence-electron chi connectivity index (χ3n) is 2.51. The van der Waals surface area contributed by atoms with Crippen molar-refractivity contribution in [2.45, 2.75) is 19.6 Å². The van der Waals surface area contributed by atoms with E-state index in [4.69, 9.17) is 0 Å². The molecular weight excluding hydrogens is 245 g/mol. The molecule has 0 amide bonds. The highest BCUT2D eigenvalue weighted by molar-refractivity contribution is 5.34. The maximum atomic E-state index is 12.2. The van der Waals surface area contributed by atoms with E-state index in [0.29, 0.717) is 10.3 Å². The molecule has 0 fully saturated rings. The van der Waals surface area contributed by atoms with Gasteiger partial charge in [-0.05, 0) is 19.1 Å². The van der Waals surface area contributed by atoms with Gasteiger partial charge in [0.1, 0.15) is 6.54 Å². The van der Waals surface area contributed by atoms with Gasteiger partial charge in [0.15, 0.2) is 0 Å². The molecule has 2 aromatic rings. The van der Waals surface area contributed by atoms with Crippen LogP contribution in [0, 0.1) is 6.92 Å². The molecule has 1 aromatic heterocycles. The lowest BCUT2D eigenvalue weighted by molar-refractivity contribution is -0.141. The number of hydrogen-bond donors (Lipinski definition) is 0. The summed E-state index contributed by atoms with van der Waals surface area (Å²) in [6.07, 6.45) is -1.93. The molecule has 18 heavy (non-hydrogen) atoms. The molecule has 3 nitrogen and oxygen atoms in total. The maximum absolute atomic E-state index is 12.2. The van der Waals surface area contributed by atoms with Crippen LogP contribution in [0.5, 0.6) is 0 Å². The van der Waals surface area contributed by atoms with Crippen molar-refractivity contribution >= 4 is 0 Å². The first kappa shape index (κ1) is 12.5. The highest BCUT2D eigenvalue weighted by Crippen LogP contribution is 2.16. The van der Waals surface area contributed by atoms with E-state index in [0.717, 1.165) is 11.8 Å². The van der Waals surface area contributed by atoms with Crippen molar-refractivity contribution in [1.29, 1.82) is 0 Å². The Bertz CT molecular complexity index is 593. The molecule has 0 spiro atoms. The van der Waals surface area contributed by atoms with Gasteiger partial charge in [0, 0.05) is 12.4 Å². The molecule has 0 radical (unpaired) electrons. The highest BCUT2D eigenvalue weighted by Gasteiger charge is 2.28. The molecule has 0 aliphatic carbocycles. The second-order valence-electron chi connectivity index (χ2n) is 4.03. The third kappa shape index (κ3) is 2.64. The molecule has 0 saturated heterocycles. The molecule has 96 valence electrons. The number of nitrogens with zero attached hydrogens (tertiary/aromatic N) is 2. The SMILES string of the molecule is Cc1ccc(-n2ccn(CC(F)(F)F)c2=O)cc1. The molecule has 2 rings (SSSR count). The van der Waals surface area contributed by atoms with Crippen LogP contribution in [0.2, 0.25) is 0 Å². The van der Waals surface area contributed by atoms with Gasteiger partial charge in [0.2, 0.25) is 0 Å². The first-order valence-electron chi connectivity index (χ1n) is 5.28. The zero-order valence-electron chi connectivity index (χ0n) is 9.61. The van der Waals surface area contributed by atoms with Gasteiger partial charge in [-0.15, -0.1) is 0 Å². The highest BCUT2D eigenvalue weighted by atomic mass is 19.4. The lowest BCUT2D eigenvalue weighted by atomic mass is 10.2. The fraction of sp³-hybridized carbons (Fsp3) is 0.250. The average molecular weight is 256 g/mol. The maximum Gasteiger partial charge on any atom is 0.406 e. The Morgan fingerprint density at radius 2 is 1.72 bits per heavy atom. The van der Waals surface area contributed by atoms with Gasteiger partial charge >= 0.3 is 11.9 Å². The predicted molar refractivity (Wildman–Crippen MR) is 60.8 cm³/mol. The summed E-state index contributed by atoms with van der Waals surface area (Å²) in [5.74, 6) is 0. The van der Waals surface area contributed by atoms with E-state index in [-0.39, 0.29) is 0 Å². The van der Waals surface area contributed by atoms with Crippen LogP contribution >= 0.6 is 0 Å². The molecule has 0 saturated carbocycles. The van der Waals surface area contributed by atoms with Crippen molar-refractivity contribution in [2.75, 3.05) is 0 Å². The van der Waals surface area contributed by atoms with Crippen LogP contribution in [-0.4, -0.2) is 15.3 Å². The molecule has 1 aromatic carbocycles. The third-order valence-corrected chi connectivity index (χ3v) is 2.51. The van der Waals surface area contributed by atoms with Gasteiger partial charge in [-0.2, -0.15) is 13.2 Å². The van der Waals surface area contributed by atoms with Crippen LogP contribution in [0.3, 0.4) is 0 Å². The van der Waals surface area contributed by atoms with E-state index in [2.05, 4.69) is 0 Å². The van der Waals surface area contributed by atoms with Crippen molar-refractivity contribution in [3.63, 3.8) is 0 Å². The van der Waals surface area contributed by atoms with Gasteiger partial charge in [-0.1, -0.05) is 17.7 Å². The standard InChI is InChI=1S/C12H11F3N2O/c1-9-2-4-10(5-3-9)17-7-6-16(11(17)18)8-12(13,14)15/h2-7H,8H2,1H3. The molecule has 6 heteroatoms. The van der Waals surface area contributed by atoms with Crippen molar-refractivity contribution in [3.05, 3.63) is 52.7 Å². The minimum Gasteiger partial charge on any atom is -0.290 e. The number of hydrogen-bond acceptors (Lipinski definition) is 1. The van der Waals surface area contributed by atoms with E-state index < -0.39 is 18.4 Å². The van der Waals surface area contributed by atoms with Crippen molar-refractivity contribution < 1.29 is 13.2 Å². The van der Waals surface area contributed by atoms with Crippen LogP contribution in [0.15, 0.2) is 41.5 Å². The van der Waals surface area contributed by atoms with Gasteiger partial charge in [-0.25, -0.2) is 4.79 Å². The van der Waals surface area contributed by atoms with Crippen molar-refractivity contribution in [2.24, 2.45) is 0 Å². The predicted octanol–water partition coefficient (Wildman–Crippen LogP) is 2.51. The Kier molecular flexibility index (Phi) is 3.02. The summed E-state index contributed by atoms with van der Waals surface area (Å²) in [7, 11) is 0. The number of benzene rings is 1. The van der Waals surface area contributed by atoms with Crippen LogP contribution < -0.4 is 5.69 Å². The molecule has 0 aliphatic rings. The van der Waals surface area contributed by atoms with Gasteiger partial charge in [0.05, 0.1) is 5.69 Å². The summed E-state index contributed by atoms with van der Waals surface area (Å²) in [6.45, 7) is 0.617. The first-order valence-corrected chi connectivity index (χ1v) is 5.28. The number of halogens is 3. The smallest absolute Gasteiger partial charge is 0.290 e. The summed E-state index contributed by atoms with van der Waals surface area (Å²) in [6, 6.07) is 6.97. The second-order valence-corrected chi connectivity index (χ2v) is 4.03. The Morgan fingerprint density at radius 3 is 2.28 bits per heavy atom.